The van der Waals surface area contributed by atoms with Gasteiger partial charge in [0.25, 0.3) is 0 Å². The van der Waals surface area contributed by atoms with Crippen LogP contribution in [0.15, 0.2) is 114 Å². The average molecular weight is 413 g/mol. The van der Waals surface area contributed by atoms with Gasteiger partial charge in [0.05, 0.1) is 5.41 Å². The molecule has 4 rings (SSSR count). The van der Waals surface area contributed by atoms with E-state index in [9.17, 15) is 0 Å². The fourth-order valence-corrected chi connectivity index (χ4v) is 4.14. The third-order valence-corrected chi connectivity index (χ3v) is 5.70. The SMILES string of the molecule is Cc1ccc(C(c2ccccc2)(c2ccccc2)c2ccc(Br)cc2)cc1. The van der Waals surface area contributed by atoms with Gasteiger partial charge < -0.3 is 0 Å². The summed E-state index contributed by atoms with van der Waals surface area (Å²) in [6.07, 6.45) is 0. The fourth-order valence-electron chi connectivity index (χ4n) is 3.88. The third kappa shape index (κ3) is 3.24. The van der Waals surface area contributed by atoms with E-state index in [4.69, 9.17) is 0 Å². The Labute approximate surface area is 169 Å². The summed E-state index contributed by atoms with van der Waals surface area (Å²) in [5.74, 6) is 0. The van der Waals surface area contributed by atoms with E-state index in [1.54, 1.807) is 0 Å². The van der Waals surface area contributed by atoms with Crippen LogP contribution in [-0.2, 0) is 5.41 Å². The van der Waals surface area contributed by atoms with Gasteiger partial charge in [-0.3, -0.25) is 0 Å². The molecule has 4 aromatic rings. The van der Waals surface area contributed by atoms with Crippen molar-refractivity contribution in [3.8, 4) is 0 Å². The number of hydrogen-bond acceptors (Lipinski definition) is 0. The molecule has 0 aliphatic rings. The first kappa shape index (κ1) is 17.8. The molecular weight excluding hydrogens is 392 g/mol. The number of hydrogen-bond donors (Lipinski definition) is 0. The zero-order valence-electron chi connectivity index (χ0n) is 15.3. The van der Waals surface area contributed by atoms with Gasteiger partial charge in [-0.25, -0.2) is 0 Å². The van der Waals surface area contributed by atoms with Gasteiger partial charge >= 0.3 is 0 Å². The van der Waals surface area contributed by atoms with Crippen LogP contribution < -0.4 is 0 Å². The number of aryl methyl sites for hydroxylation is 1. The minimum atomic E-state index is -0.364. The molecule has 0 unspecified atom stereocenters. The molecule has 132 valence electrons. The zero-order valence-corrected chi connectivity index (χ0v) is 16.9. The summed E-state index contributed by atoms with van der Waals surface area (Å²) in [5, 5.41) is 0. The van der Waals surface area contributed by atoms with Crippen molar-refractivity contribution in [3.05, 3.63) is 141 Å². The lowest BCUT2D eigenvalue weighted by Gasteiger charge is -2.37. The highest BCUT2D eigenvalue weighted by atomic mass is 79.9. The predicted molar refractivity (Wildman–Crippen MR) is 117 cm³/mol. The predicted octanol–water partition coefficient (Wildman–Crippen LogP) is 7.14. The van der Waals surface area contributed by atoms with Crippen LogP contribution in [0.25, 0.3) is 0 Å². The molecule has 0 nitrogen and oxygen atoms in total. The van der Waals surface area contributed by atoms with Crippen molar-refractivity contribution in [2.24, 2.45) is 0 Å². The van der Waals surface area contributed by atoms with E-state index in [0.29, 0.717) is 0 Å². The highest BCUT2D eigenvalue weighted by molar-refractivity contribution is 9.10. The molecule has 0 N–H and O–H groups in total. The lowest BCUT2D eigenvalue weighted by Crippen LogP contribution is -2.30. The van der Waals surface area contributed by atoms with Gasteiger partial charge in [0.2, 0.25) is 0 Å². The molecule has 0 atom stereocenters. The topological polar surface area (TPSA) is 0 Å². The highest BCUT2D eigenvalue weighted by Gasteiger charge is 2.38. The molecule has 0 saturated carbocycles. The molecule has 0 spiro atoms. The largest absolute Gasteiger partial charge is 0.0701 e. The first-order valence-corrected chi connectivity index (χ1v) is 9.95. The van der Waals surface area contributed by atoms with Gasteiger partial charge in [0.15, 0.2) is 0 Å². The molecule has 0 aliphatic heterocycles. The Bertz CT molecular complexity index is 914. The van der Waals surface area contributed by atoms with Crippen LogP contribution in [0.1, 0.15) is 27.8 Å². The zero-order chi connectivity index (χ0) is 18.7. The quantitative estimate of drug-likeness (QED) is 0.312. The first-order valence-electron chi connectivity index (χ1n) is 9.15. The van der Waals surface area contributed by atoms with E-state index >= 15 is 0 Å². The second-order valence-electron chi connectivity index (χ2n) is 6.85. The molecule has 0 saturated heterocycles. The lowest BCUT2D eigenvalue weighted by molar-refractivity contribution is 0.744. The van der Waals surface area contributed by atoms with Crippen molar-refractivity contribution < 1.29 is 0 Å². The molecule has 27 heavy (non-hydrogen) atoms. The summed E-state index contributed by atoms with van der Waals surface area (Å²) in [5.41, 5.74) is 5.96. The van der Waals surface area contributed by atoms with Gasteiger partial charge in [-0.15, -0.1) is 0 Å². The average Bonchev–Trinajstić information content (AvgIpc) is 2.73. The molecule has 0 aliphatic carbocycles. The van der Waals surface area contributed by atoms with Crippen molar-refractivity contribution in [2.75, 3.05) is 0 Å². The van der Waals surface area contributed by atoms with E-state index in [1.165, 1.54) is 27.8 Å². The van der Waals surface area contributed by atoms with Crippen molar-refractivity contribution in [2.45, 2.75) is 12.3 Å². The fraction of sp³-hybridized carbons (Fsp3) is 0.0769. The van der Waals surface area contributed by atoms with Gasteiger partial charge in [-0.05, 0) is 41.3 Å². The highest BCUT2D eigenvalue weighted by Crippen LogP contribution is 2.45. The maximum Gasteiger partial charge on any atom is 0.0701 e. The maximum absolute atomic E-state index is 3.59. The van der Waals surface area contributed by atoms with Gasteiger partial charge in [-0.1, -0.05) is 119 Å². The standard InChI is InChI=1S/C26H21Br/c1-20-12-14-23(15-13-20)26(21-8-4-2-5-9-21,22-10-6-3-7-11-22)24-16-18-25(27)19-17-24/h2-19H,1H3. The van der Waals surface area contributed by atoms with Crippen molar-refractivity contribution in [1.29, 1.82) is 0 Å². The molecule has 0 bridgehead atoms. The Morgan fingerprint density at radius 2 is 0.852 bits per heavy atom. The van der Waals surface area contributed by atoms with Crippen molar-refractivity contribution in [1.82, 2.24) is 0 Å². The summed E-state index contributed by atoms with van der Waals surface area (Å²) in [6, 6.07) is 39.2. The summed E-state index contributed by atoms with van der Waals surface area (Å²) >= 11 is 3.59. The van der Waals surface area contributed by atoms with E-state index in [2.05, 4.69) is 132 Å². The Hall–Kier alpha value is -2.64. The molecule has 4 aromatic carbocycles. The van der Waals surface area contributed by atoms with E-state index < -0.39 is 0 Å². The number of benzene rings is 4. The Balaban J connectivity index is 2.11. The van der Waals surface area contributed by atoms with Crippen LogP contribution in [0, 0.1) is 6.92 Å². The van der Waals surface area contributed by atoms with Crippen LogP contribution in [0.3, 0.4) is 0 Å². The van der Waals surface area contributed by atoms with Crippen LogP contribution in [0.4, 0.5) is 0 Å². The minimum absolute atomic E-state index is 0.364. The second kappa shape index (κ2) is 7.54. The smallest absolute Gasteiger partial charge is 0.0622 e. The Kier molecular flexibility index (Phi) is 4.96. The normalized spacial score (nSPS) is 11.3. The Morgan fingerprint density at radius 1 is 0.481 bits per heavy atom. The van der Waals surface area contributed by atoms with Crippen LogP contribution >= 0.6 is 15.9 Å². The molecule has 0 aromatic heterocycles. The van der Waals surface area contributed by atoms with Crippen LogP contribution in [0.2, 0.25) is 0 Å². The van der Waals surface area contributed by atoms with E-state index in [0.717, 1.165) is 4.47 Å². The van der Waals surface area contributed by atoms with Gasteiger partial charge in [-0.2, -0.15) is 0 Å². The summed E-state index contributed by atoms with van der Waals surface area (Å²) in [4.78, 5) is 0. The molecule has 0 radical (unpaired) electrons. The Morgan fingerprint density at radius 3 is 1.30 bits per heavy atom. The minimum Gasteiger partial charge on any atom is -0.0622 e. The molecule has 0 fully saturated rings. The van der Waals surface area contributed by atoms with Gasteiger partial charge in [0.1, 0.15) is 0 Å². The molecule has 1 heteroatoms. The molecule has 0 amide bonds. The molecular formula is C26H21Br. The second-order valence-corrected chi connectivity index (χ2v) is 7.77. The van der Waals surface area contributed by atoms with Crippen molar-refractivity contribution in [3.63, 3.8) is 0 Å². The monoisotopic (exact) mass is 412 g/mol. The van der Waals surface area contributed by atoms with E-state index in [-0.39, 0.29) is 5.41 Å². The number of halogens is 1. The first-order chi connectivity index (χ1) is 13.2. The number of rotatable bonds is 4. The summed E-state index contributed by atoms with van der Waals surface area (Å²) in [7, 11) is 0. The molecule has 0 heterocycles. The van der Waals surface area contributed by atoms with Crippen LogP contribution in [-0.4, -0.2) is 0 Å². The lowest BCUT2D eigenvalue weighted by atomic mass is 9.65. The summed E-state index contributed by atoms with van der Waals surface area (Å²) < 4.78 is 1.09. The maximum atomic E-state index is 3.59. The van der Waals surface area contributed by atoms with E-state index in [1.807, 2.05) is 0 Å². The third-order valence-electron chi connectivity index (χ3n) is 5.18. The summed E-state index contributed by atoms with van der Waals surface area (Å²) in [6.45, 7) is 2.14. The van der Waals surface area contributed by atoms with Crippen LogP contribution in [0.5, 0.6) is 0 Å². The van der Waals surface area contributed by atoms with Crippen molar-refractivity contribution >= 4 is 15.9 Å². The van der Waals surface area contributed by atoms with Gasteiger partial charge in [0, 0.05) is 4.47 Å².